The molecule has 1 amide bonds. The molecule has 0 atom stereocenters. The zero-order chi connectivity index (χ0) is 14.5. The van der Waals surface area contributed by atoms with Crippen molar-refractivity contribution in [3.63, 3.8) is 0 Å². The molecule has 0 aliphatic rings. The third kappa shape index (κ3) is 3.48. The van der Waals surface area contributed by atoms with E-state index in [-0.39, 0.29) is 10.9 Å². The molecule has 0 fully saturated rings. The van der Waals surface area contributed by atoms with Gasteiger partial charge in [-0.1, -0.05) is 23.7 Å². The van der Waals surface area contributed by atoms with E-state index in [0.717, 1.165) is 5.56 Å². The summed E-state index contributed by atoms with van der Waals surface area (Å²) in [7, 11) is 1.59. The summed E-state index contributed by atoms with van der Waals surface area (Å²) in [4.78, 5) is 11.4. The van der Waals surface area contributed by atoms with E-state index in [1.165, 1.54) is 12.1 Å². The molecule has 0 radical (unpaired) electrons. The highest BCUT2D eigenvalue weighted by molar-refractivity contribution is 6.30. The molecule has 0 heterocycles. The summed E-state index contributed by atoms with van der Waals surface area (Å²) < 4.78 is 13.3. The fourth-order valence-corrected chi connectivity index (χ4v) is 1.85. The van der Waals surface area contributed by atoms with Crippen LogP contribution in [0.2, 0.25) is 5.02 Å². The number of benzene rings is 2. The molecule has 0 saturated carbocycles. The van der Waals surface area contributed by atoms with Gasteiger partial charge in [-0.25, -0.2) is 4.39 Å². The highest BCUT2D eigenvalue weighted by Gasteiger charge is 2.03. The SMILES string of the molecule is CNC(=O)c1ccc(CNc2ccc(Cl)c(F)c2)cc1. The fraction of sp³-hybridized carbons (Fsp3) is 0.133. The Bertz CT molecular complexity index is 614. The third-order valence-electron chi connectivity index (χ3n) is 2.86. The van der Waals surface area contributed by atoms with Crippen LogP contribution in [0.1, 0.15) is 15.9 Å². The van der Waals surface area contributed by atoms with Gasteiger partial charge in [-0.3, -0.25) is 4.79 Å². The maximum absolute atomic E-state index is 13.3. The number of carbonyl (C=O) groups is 1. The quantitative estimate of drug-likeness (QED) is 0.906. The molecule has 104 valence electrons. The molecule has 0 unspecified atom stereocenters. The third-order valence-corrected chi connectivity index (χ3v) is 3.17. The van der Waals surface area contributed by atoms with Crippen molar-refractivity contribution in [1.29, 1.82) is 0 Å². The molecule has 0 spiro atoms. The predicted octanol–water partition coefficient (Wildman–Crippen LogP) is 3.45. The van der Waals surface area contributed by atoms with Gasteiger partial charge in [0.15, 0.2) is 0 Å². The number of rotatable bonds is 4. The van der Waals surface area contributed by atoms with Gasteiger partial charge in [-0.2, -0.15) is 0 Å². The molecule has 2 N–H and O–H groups in total. The zero-order valence-electron chi connectivity index (χ0n) is 10.9. The molecule has 2 rings (SSSR count). The molecule has 3 nitrogen and oxygen atoms in total. The van der Waals surface area contributed by atoms with Crippen LogP contribution in [0.4, 0.5) is 10.1 Å². The minimum Gasteiger partial charge on any atom is -0.381 e. The Morgan fingerprint density at radius 2 is 1.90 bits per heavy atom. The van der Waals surface area contributed by atoms with Gasteiger partial charge in [0.2, 0.25) is 0 Å². The van der Waals surface area contributed by atoms with E-state index in [1.807, 2.05) is 12.1 Å². The maximum atomic E-state index is 13.3. The topological polar surface area (TPSA) is 41.1 Å². The van der Waals surface area contributed by atoms with Gasteiger partial charge in [0.05, 0.1) is 5.02 Å². The second-order valence-electron chi connectivity index (χ2n) is 4.26. The molecular formula is C15H14ClFN2O. The Morgan fingerprint density at radius 1 is 1.20 bits per heavy atom. The van der Waals surface area contributed by atoms with Gasteiger partial charge >= 0.3 is 0 Å². The predicted molar refractivity (Wildman–Crippen MR) is 78.6 cm³/mol. The molecule has 2 aromatic rings. The van der Waals surface area contributed by atoms with Crippen LogP contribution in [0.15, 0.2) is 42.5 Å². The van der Waals surface area contributed by atoms with Crippen molar-refractivity contribution in [2.45, 2.75) is 6.54 Å². The molecule has 0 bridgehead atoms. The number of anilines is 1. The minimum atomic E-state index is -0.452. The van der Waals surface area contributed by atoms with E-state index >= 15 is 0 Å². The average molecular weight is 293 g/mol. The van der Waals surface area contributed by atoms with Crippen LogP contribution in [-0.2, 0) is 6.54 Å². The van der Waals surface area contributed by atoms with E-state index in [9.17, 15) is 9.18 Å². The number of carbonyl (C=O) groups excluding carboxylic acids is 1. The van der Waals surface area contributed by atoms with Crippen LogP contribution in [-0.4, -0.2) is 13.0 Å². The van der Waals surface area contributed by atoms with Crippen molar-refractivity contribution >= 4 is 23.2 Å². The Morgan fingerprint density at radius 3 is 2.50 bits per heavy atom. The first kappa shape index (κ1) is 14.3. The lowest BCUT2D eigenvalue weighted by atomic mass is 10.1. The maximum Gasteiger partial charge on any atom is 0.251 e. The van der Waals surface area contributed by atoms with Crippen LogP contribution in [0.3, 0.4) is 0 Å². The first-order chi connectivity index (χ1) is 9.60. The summed E-state index contributed by atoms with van der Waals surface area (Å²) in [5.41, 5.74) is 2.25. The molecule has 2 aromatic carbocycles. The lowest BCUT2D eigenvalue weighted by molar-refractivity contribution is 0.0963. The monoisotopic (exact) mass is 292 g/mol. The highest BCUT2D eigenvalue weighted by atomic mass is 35.5. The van der Waals surface area contributed by atoms with Crippen molar-refractivity contribution in [1.82, 2.24) is 5.32 Å². The van der Waals surface area contributed by atoms with Gasteiger partial charge in [0, 0.05) is 24.8 Å². The van der Waals surface area contributed by atoms with Crippen molar-refractivity contribution in [2.24, 2.45) is 0 Å². The number of hydrogen-bond acceptors (Lipinski definition) is 2. The first-order valence-electron chi connectivity index (χ1n) is 6.10. The number of hydrogen-bond donors (Lipinski definition) is 2. The average Bonchev–Trinajstić information content (AvgIpc) is 2.48. The number of amides is 1. The molecule has 0 saturated heterocycles. The van der Waals surface area contributed by atoms with Crippen molar-refractivity contribution in [3.05, 3.63) is 64.4 Å². The van der Waals surface area contributed by atoms with Crippen LogP contribution in [0, 0.1) is 5.82 Å². The summed E-state index contributed by atoms with van der Waals surface area (Å²) in [6.45, 7) is 0.537. The Balaban J connectivity index is 2.00. The zero-order valence-corrected chi connectivity index (χ0v) is 11.7. The number of halogens is 2. The van der Waals surface area contributed by atoms with E-state index in [0.29, 0.717) is 17.8 Å². The fourth-order valence-electron chi connectivity index (χ4n) is 1.73. The smallest absolute Gasteiger partial charge is 0.251 e. The van der Waals surface area contributed by atoms with E-state index in [2.05, 4.69) is 10.6 Å². The molecule has 0 aromatic heterocycles. The summed E-state index contributed by atoms with van der Waals surface area (Å²) >= 11 is 5.62. The lowest BCUT2D eigenvalue weighted by Crippen LogP contribution is -2.17. The van der Waals surface area contributed by atoms with Gasteiger partial charge in [0.1, 0.15) is 5.82 Å². The molecule has 0 aliphatic heterocycles. The lowest BCUT2D eigenvalue weighted by Gasteiger charge is -2.08. The molecule has 5 heteroatoms. The van der Waals surface area contributed by atoms with Gasteiger partial charge in [-0.15, -0.1) is 0 Å². The van der Waals surface area contributed by atoms with E-state index in [1.54, 1.807) is 25.2 Å². The van der Waals surface area contributed by atoms with Crippen LogP contribution >= 0.6 is 11.6 Å². The Labute approximate surface area is 121 Å². The van der Waals surface area contributed by atoms with Gasteiger partial charge < -0.3 is 10.6 Å². The van der Waals surface area contributed by atoms with Crippen molar-refractivity contribution in [2.75, 3.05) is 12.4 Å². The molecule has 20 heavy (non-hydrogen) atoms. The van der Waals surface area contributed by atoms with Crippen LogP contribution in [0.25, 0.3) is 0 Å². The van der Waals surface area contributed by atoms with Gasteiger partial charge in [-0.05, 0) is 35.9 Å². The van der Waals surface area contributed by atoms with Crippen molar-refractivity contribution in [3.8, 4) is 0 Å². The normalized spacial score (nSPS) is 10.2. The Kier molecular flexibility index (Phi) is 4.58. The summed E-state index contributed by atoms with van der Waals surface area (Å²) in [6.07, 6.45) is 0. The van der Waals surface area contributed by atoms with E-state index in [4.69, 9.17) is 11.6 Å². The molecular weight excluding hydrogens is 279 g/mol. The number of nitrogens with one attached hydrogen (secondary N) is 2. The van der Waals surface area contributed by atoms with Crippen LogP contribution < -0.4 is 10.6 Å². The van der Waals surface area contributed by atoms with Gasteiger partial charge in [0.25, 0.3) is 5.91 Å². The second-order valence-corrected chi connectivity index (χ2v) is 4.67. The first-order valence-corrected chi connectivity index (χ1v) is 6.48. The van der Waals surface area contributed by atoms with E-state index < -0.39 is 5.82 Å². The summed E-state index contributed by atoms with van der Waals surface area (Å²) in [5.74, 6) is -0.573. The van der Waals surface area contributed by atoms with Crippen LogP contribution in [0.5, 0.6) is 0 Å². The second kappa shape index (κ2) is 6.39. The summed E-state index contributed by atoms with van der Waals surface area (Å²) in [5, 5.41) is 5.76. The Hall–Kier alpha value is -2.07. The summed E-state index contributed by atoms with van der Waals surface area (Å²) in [6, 6.07) is 11.8. The largest absolute Gasteiger partial charge is 0.381 e. The van der Waals surface area contributed by atoms with Crippen molar-refractivity contribution < 1.29 is 9.18 Å². The minimum absolute atomic E-state index is 0.102. The molecule has 0 aliphatic carbocycles. The standard InChI is InChI=1S/C15H14ClFN2O/c1-18-15(20)11-4-2-10(3-5-11)9-19-12-6-7-13(16)14(17)8-12/h2-8,19H,9H2,1H3,(H,18,20). The highest BCUT2D eigenvalue weighted by Crippen LogP contribution is 2.19.